The summed E-state index contributed by atoms with van der Waals surface area (Å²) in [5.74, 6) is 1.03. The van der Waals surface area contributed by atoms with Crippen molar-refractivity contribution in [1.82, 2.24) is 20.2 Å². The molecule has 0 unspecified atom stereocenters. The summed E-state index contributed by atoms with van der Waals surface area (Å²) in [5, 5.41) is 8.46. The molecule has 0 saturated carbocycles. The number of H-pyrrole nitrogens is 1. The molecule has 0 radical (unpaired) electrons. The van der Waals surface area contributed by atoms with E-state index in [9.17, 15) is 0 Å². The Kier molecular flexibility index (Phi) is 5.44. The summed E-state index contributed by atoms with van der Waals surface area (Å²) < 4.78 is 11.5. The van der Waals surface area contributed by atoms with Crippen LogP contribution < -0.4 is 10.5 Å². The van der Waals surface area contributed by atoms with E-state index in [1.807, 2.05) is 42.5 Å². The highest BCUT2D eigenvalue weighted by atomic mass is 35.5. The van der Waals surface area contributed by atoms with Gasteiger partial charge in [0.1, 0.15) is 5.69 Å². The van der Waals surface area contributed by atoms with E-state index in [0.29, 0.717) is 34.8 Å². The maximum Gasteiger partial charge on any atom is 0.257 e. The Bertz CT molecular complexity index is 1210. The second-order valence-electron chi connectivity index (χ2n) is 7.64. The Morgan fingerprint density at radius 2 is 1.84 bits per heavy atom. The molecule has 3 N–H and O–H groups in total. The second-order valence-corrected chi connectivity index (χ2v) is 8.04. The Labute approximate surface area is 184 Å². The third-order valence-corrected chi connectivity index (χ3v) is 5.81. The number of nitrogens with two attached hydrogens (primary N) is 1. The van der Waals surface area contributed by atoms with Crippen LogP contribution in [0.1, 0.15) is 12.8 Å². The van der Waals surface area contributed by atoms with Crippen molar-refractivity contribution >= 4 is 28.3 Å². The van der Waals surface area contributed by atoms with E-state index in [2.05, 4.69) is 15.2 Å². The van der Waals surface area contributed by atoms with Crippen LogP contribution in [0.25, 0.3) is 33.4 Å². The molecule has 7 nitrogen and oxygen atoms in total. The zero-order valence-corrected chi connectivity index (χ0v) is 17.6. The van der Waals surface area contributed by atoms with Gasteiger partial charge in [-0.15, -0.1) is 0 Å². The minimum absolute atomic E-state index is 0.269. The lowest BCUT2D eigenvalue weighted by molar-refractivity contribution is 0.0491. The van der Waals surface area contributed by atoms with Gasteiger partial charge in [-0.05, 0) is 30.9 Å². The third-order valence-electron chi connectivity index (χ3n) is 5.51. The molecule has 0 atom stereocenters. The van der Waals surface area contributed by atoms with Crippen LogP contribution >= 0.6 is 11.6 Å². The summed E-state index contributed by atoms with van der Waals surface area (Å²) >= 11 is 6.50. The molecule has 8 heteroatoms. The van der Waals surface area contributed by atoms with Crippen molar-refractivity contribution in [2.75, 3.05) is 25.6 Å². The van der Waals surface area contributed by atoms with Crippen LogP contribution in [0.3, 0.4) is 0 Å². The Balaban J connectivity index is 1.58. The molecule has 1 fully saturated rings. The van der Waals surface area contributed by atoms with Crippen LogP contribution in [0, 0.1) is 5.92 Å². The maximum atomic E-state index is 6.50. The molecular formula is C23H22ClN5O2. The Morgan fingerprint density at radius 3 is 2.65 bits per heavy atom. The van der Waals surface area contributed by atoms with Gasteiger partial charge in [-0.25, -0.2) is 9.97 Å². The van der Waals surface area contributed by atoms with Gasteiger partial charge in [-0.1, -0.05) is 41.9 Å². The zero-order chi connectivity index (χ0) is 21.2. The molecule has 5 rings (SSSR count). The van der Waals surface area contributed by atoms with Gasteiger partial charge < -0.3 is 15.2 Å². The second kappa shape index (κ2) is 8.53. The third kappa shape index (κ3) is 4.06. The lowest BCUT2D eigenvalue weighted by atomic mass is 10.0. The first-order valence-corrected chi connectivity index (χ1v) is 10.6. The van der Waals surface area contributed by atoms with E-state index in [4.69, 9.17) is 31.8 Å². The molecule has 0 spiro atoms. The van der Waals surface area contributed by atoms with Gasteiger partial charge in [-0.2, -0.15) is 5.10 Å². The topological polar surface area (TPSA) is 98.9 Å². The first kappa shape index (κ1) is 19.8. The summed E-state index contributed by atoms with van der Waals surface area (Å²) in [6, 6.07) is 13.7. The number of aromatic amines is 1. The summed E-state index contributed by atoms with van der Waals surface area (Å²) in [6.07, 6.45) is 3.67. The number of hydrogen-bond acceptors (Lipinski definition) is 6. The number of hydrogen-bond donors (Lipinski definition) is 2. The van der Waals surface area contributed by atoms with Crippen molar-refractivity contribution in [2.45, 2.75) is 12.8 Å². The van der Waals surface area contributed by atoms with E-state index in [1.54, 1.807) is 6.20 Å². The normalized spacial score (nSPS) is 14.7. The number of halogens is 1. The molecule has 1 aliphatic rings. The minimum Gasteiger partial charge on any atom is -0.475 e. The number of ether oxygens (including phenoxy) is 2. The SMILES string of the molecule is Nc1nc(-c2ccccc2)c(-c2cc(Cl)c3[nH]ncc3c2)nc1OCC1CCOCC1. The molecule has 3 heterocycles. The highest BCUT2D eigenvalue weighted by Crippen LogP contribution is 2.36. The van der Waals surface area contributed by atoms with Crippen molar-refractivity contribution in [3.63, 3.8) is 0 Å². The smallest absolute Gasteiger partial charge is 0.257 e. The Hall–Kier alpha value is -3.16. The van der Waals surface area contributed by atoms with Crippen LogP contribution in [0.15, 0.2) is 48.7 Å². The maximum absolute atomic E-state index is 6.50. The molecule has 2 aromatic heterocycles. The Morgan fingerprint density at radius 1 is 1.06 bits per heavy atom. The van der Waals surface area contributed by atoms with Crippen LogP contribution in [0.2, 0.25) is 5.02 Å². The molecule has 4 aromatic rings. The number of nitrogens with one attached hydrogen (secondary N) is 1. The van der Waals surface area contributed by atoms with Crippen molar-refractivity contribution in [3.05, 3.63) is 53.7 Å². The largest absolute Gasteiger partial charge is 0.475 e. The van der Waals surface area contributed by atoms with Crippen molar-refractivity contribution in [2.24, 2.45) is 5.92 Å². The molecule has 0 aliphatic carbocycles. The standard InChI is InChI=1S/C23H22ClN5O2/c24-18-11-16(10-17-12-26-29-19(17)18)21-20(15-4-2-1-3-5-15)27-22(25)23(28-21)31-13-14-6-8-30-9-7-14/h1-5,10-12,14H,6-9,13H2,(H2,25,27)(H,26,29). The first-order chi connectivity index (χ1) is 15.2. The van der Waals surface area contributed by atoms with Crippen LogP contribution in [0.5, 0.6) is 5.88 Å². The fraction of sp³-hybridized carbons (Fsp3) is 0.261. The van der Waals surface area contributed by atoms with Gasteiger partial charge in [-0.3, -0.25) is 5.10 Å². The predicted molar refractivity (Wildman–Crippen MR) is 121 cm³/mol. The zero-order valence-electron chi connectivity index (χ0n) is 16.8. The number of anilines is 1. The number of aromatic nitrogens is 4. The average molecular weight is 436 g/mol. The number of nitrogen functional groups attached to an aromatic ring is 1. The molecule has 1 saturated heterocycles. The van der Waals surface area contributed by atoms with E-state index >= 15 is 0 Å². The first-order valence-electron chi connectivity index (χ1n) is 10.3. The summed E-state index contributed by atoms with van der Waals surface area (Å²) in [5.41, 5.74) is 10.1. The summed E-state index contributed by atoms with van der Waals surface area (Å²) in [4.78, 5) is 9.49. The highest BCUT2D eigenvalue weighted by Gasteiger charge is 2.20. The van der Waals surface area contributed by atoms with Crippen molar-refractivity contribution in [3.8, 4) is 28.4 Å². The molecular weight excluding hydrogens is 414 g/mol. The monoisotopic (exact) mass is 435 g/mol. The number of benzene rings is 2. The van der Waals surface area contributed by atoms with E-state index in [-0.39, 0.29) is 5.82 Å². The molecule has 2 aromatic carbocycles. The van der Waals surface area contributed by atoms with Gasteiger partial charge in [0.2, 0.25) is 0 Å². The average Bonchev–Trinajstić information content (AvgIpc) is 3.29. The van der Waals surface area contributed by atoms with Gasteiger partial charge in [0.05, 0.1) is 29.0 Å². The van der Waals surface area contributed by atoms with Gasteiger partial charge >= 0.3 is 0 Å². The molecule has 1 aliphatic heterocycles. The highest BCUT2D eigenvalue weighted by molar-refractivity contribution is 6.35. The van der Waals surface area contributed by atoms with E-state index in [0.717, 1.165) is 48.1 Å². The fourth-order valence-corrected chi connectivity index (χ4v) is 4.07. The van der Waals surface area contributed by atoms with Gasteiger partial charge in [0.15, 0.2) is 5.82 Å². The quantitative estimate of drug-likeness (QED) is 0.470. The number of rotatable bonds is 5. The fourth-order valence-electron chi connectivity index (χ4n) is 3.80. The van der Waals surface area contributed by atoms with Gasteiger partial charge in [0.25, 0.3) is 5.88 Å². The molecule has 0 amide bonds. The van der Waals surface area contributed by atoms with Crippen molar-refractivity contribution < 1.29 is 9.47 Å². The number of nitrogens with zero attached hydrogens (tertiary/aromatic N) is 3. The summed E-state index contributed by atoms with van der Waals surface area (Å²) in [6.45, 7) is 2.06. The molecule has 158 valence electrons. The summed E-state index contributed by atoms with van der Waals surface area (Å²) in [7, 11) is 0. The van der Waals surface area contributed by atoms with Gasteiger partial charge in [0, 0.05) is 29.7 Å². The predicted octanol–water partition coefficient (Wildman–Crippen LogP) is 4.73. The lowest BCUT2D eigenvalue weighted by Crippen LogP contribution is -2.22. The minimum atomic E-state index is 0.269. The van der Waals surface area contributed by atoms with E-state index < -0.39 is 0 Å². The van der Waals surface area contributed by atoms with Crippen molar-refractivity contribution in [1.29, 1.82) is 0 Å². The van der Waals surface area contributed by atoms with Crippen LogP contribution in [-0.2, 0) is 4.74 Å². The van der Waals surface area contributed by atoms with Crippen LogP contribution in [0.4, 0.5) is 5.82 Å². The lowest BCUT2D eigenvalue weighted by Gasteiger charge is -2.22. The van der Waals surface area contributed by atoms with Crippen LogP contribution in [-0.4, -0.2) is 40.0 Å². The number of fused-ring (bicyclic) bond motifs is 1. The molecule has 0 bridgehead atoms. The molecule has 31 heavy (non-hydrogen) atoms. The van der Waals surface area contributed by atoms with E-state index in [1.165, 1.54) is 0 Å².